The zero-order valence-corrected chi connectivity index (χ0v) is 8.72. The Balaban J connectivity index is 2.26. The molecular formula is C11H14N4. The third-order valence-electron chi connectivity index (χ3n) is 2.44. The zero-order chi connectivity index (χ0) is 10.7. The van der Waals surface area contributed by atoms with Gasteiger partial charge in [0.05, 0.1) is 0 Å². The number of anilines is 1. The van der Waals surface area contributed by atoms with Crippen LogP contribution in [0.15, 0.2) is 30.6 Å². The van der Waals surface area contributed by atoms with Gasteiger partial charge >= 0.3 is 0 Å². The van der Waals surface area contributed by atoms with Crippen LogP contribution >= 0.6 is 0 Å². The number of aromatic nitrogens is 3. The number of nitrogens with two attached hydrogens (primary N) is 1. The molecular weight excluding hydrogens is 188 g/mol. The Morgan fingerprint density at radius 3 is 2.87 bits per heavy atom. The molecule has 0 unspecified atom stereocenters. The van der Waals surface area contributed by atoms with Crippen molar-refractivity contribution in [2.45, 2.75) is 19.9 Å². The Bertz CT molecular complexity index is 447. The average Bonchev–Trinajstić information content (AvgIpc) is 2.69. The second-order valence-electron chi connectivity index (χ2n) is 3.41. The first-order chi connectivity index (χ1) is 7.31. The van der Waals surface area contributed by atoms with E-state index in [1.54, 1.807) is 6.33 Å². The highest BCUT2D eigenvalue weighted by atomic mass is 15.3. The quantitative estimate of drug-likeness (QED) is 0.767. The number of nitrogens with zero attached hydrogens (tertiary/aromatic N) is 3. The van der Waals surface area contributed by atoms with Gasteiger partial charge in [-0.1, -0.05) is 18.2 Å². The molecule has 1 aromatic heterocycles. The first-order valence-electron chi connectivity index (χ1n) is 5.01. The zero-order valence-electron chi connectivity index (χ0n) is 8.72. The molecule has 0 radical (unpaired) electrons. The smallest absolute Gasteiger partial charge is 0.137 e. The molecule has 2 aromatic rings. The van der Waals surface area contributed by atoms with Crippen molar-refractivity contribution in [1.82, 2.24) is 14.8 Å². The van der Waals surface area contributed by atoms with Crippen molar-refractivity contribution in [3.8, 4) is 0 Å². The lowest BCUT2D eigenvalue weighted by Gasteiger charge is -2.05. The minimum absolute atomic E-state index is 0.737. The predicted molar refractivity (Wildman–Crippen MR) is 59.4 cm³/mol. The molecule has 1 aromatic carbocycles. The molecule has 0 amide bonds. The second-order valence-corrected chi connectivity index (χ2v) is 3.41. The summed E-state index contributed by atoms with van der Waals surface area (Å²) in [5, 5.41) is 7.97. The number of aryl methyl sites for hydroxylation is 1. The molecule has 15 heavy (non-hydrogen) atoms. The van der Waals surface area contributed by atoms with Crippen molar-refractivity contribution in [2.24, 2.45) is 0 Å². The minimum Gasteiger partial charge on any atom is -0.398 e. The number of hydrogen-bond donors (Lipinski definition) is 1. The molecule has 0 aliphatic rings. The van der Waals surface area contributed by atoms with E-state index in [4.69, 9.17) is 5.73 Å². The van der Waals surface area contributed by atoms with Gasteiger partial charge in [-0.15, -0.1) is 10.2 Å². The SMILES string of the molecule is CCn1cnnc1Cc1ccccc1N. The topological polar surface area (TPSA) is 56.7 Å². The van der Waals surface area contributed by atoms with Gasteiger partial charge in [-0.25, -0.2) is 0 Å². The van der Waals surface area contributed by atoms with E-state index in [-0.39, 0.29) is 0 Å². The monoisotopic (exact) mass is 202 g/mol. The van der Waals surface area contributed by atoms with E-state index >= 15 is 0 Å². The fourth-order valence-corrected chi connectivity index (χ4v) is 1.55. The Labute approximate surface area is 88.8 Å². The van der Waals surface area contributed by atoms with Crippen LogP contribution in [-0.2, 0) is 13.0 Å². The van der Waals surface area contributed by atoms with Crippen molar-refractivity contribution in [3.63, 3.8) is 0 Å². The van der Waals surface area contributed by atoms with Gasteiger partial charge in [0.2, 0.25) is 0 Å². The maximum absolute atomic E-state index is 5.87. The Morgan fingerprint density at radius 2 is 2.13 bits per heavy atom. The van der Waals surface area contributed by atoms with E-state index in [0.29, 0.717) is 0 Å². The molecule has 0 spiro atoms. The van der Waals surface area contributed by atoms with Gasteiger partial charge < -0.3 is 10.3 Å². The molecule has 4 nitrogen and oxygen atoms in total. The van der Waals surface area contributed by atoms with E-state index in [0.717, 1.165) is 30.0 Å². The van der Waals surface area contributed by atoms with Crippen LogP contribution in [0.25, 0.3) is 0 Å². The van der Waals surface area contributed by atoms with E-state index in [2.05, 4.69) is 17.1 Å². The van der Waals surface area contributed by atoms with Crippen molar-refractivity contribution in [3.05, 3.63) is 42.0 Å². The van der Waals surface area contributed by atoms with Gasteiger partial charge in [-0.05, 0) is 18.6 Å². The summed E-state index contributed by atoms with van der Waals surface area (Å²) in [5.74, 6) is 0.954. The van der Waals surface area contributed by atoms with Crippen molar-refractivity contribution in [2.75, 3.05) is 5.73 Å². The number of para-hydroxylation sites is 1. The molecule has 0 saturated carbocycles. The molecule has 0 aliphatic heterocycles. The number of benzene rings is 1. The number of rotatable bonds is 3. The van der Waals surface area contributed by atoms with Crippen LogP contribution in [0.1, 0.15) is 18.3 Å². The highest BCUT2D eigenvalue weighted by Gasteiger charge is 2.05. The highest BCUT2D eigenvalue weighted by molar-refractivity contribution is 5.47. The van der Waals surface area contributed by atoms with Crippen molar-refractivity contribution < 1.29 is 0 Å². The van der Waals surface area contributed by atoms with E-state index in [9.17, 15) is 0 Å². The largest absolute Gasteiger partial charge is 0.398 e. The van der Waals surface area contributed by atoms with Crippen LogP contribution in [0.3, 0.4) is 0 Å². The summed E-state index contributed by atoms with van der Waals surface area (Å²) in [6, 6.07) is 7.84. The third-order valence-corrected chi connectivity index (χ3v) is 2.44. The standard InChI is InChI=1S/C11H14N4/c1-2-15-8-13-14-11(15)7-9-5-3-4-6-10(9)12/h3-6,8H,2,7,12H2,1H3. The number of hydrogen-bond acceptors (Lipinski definition) is 3. The Kier molecular flexibility index (Phi) is 2.67. The van der Waals surface area contributed by atoms with Gasteiger partial charge in [0, 0.05) is 18.7 Å². The lowest BCUT2D eigenvalue weighted by Crippen LogP contribution is -2.03. The first-order valence-corrected chi connectivity index (χ1v) is 5.01. The summed E-state index contributed by atoms with van der Waals surface area (Å²) in [7, 11) is 0. The van der Waals surface area contributed by atoms with Crippen LogP contribution in [-0.4, -0.2) is 14.8 Å². The molecule has 2 N–H and O–H groups in total. The lowest BCUT2D eigenvalue weighted by atomic mass is 10.1. The molecule has 0 saturated heterocycles. The fourth-order valence-electron chi connectivity index (χ4n) is 1.55. The highest BCUT2D eigenvalue weighted by Crippen LogP contribution is 2.14. The number of nitrogen functional groups attached to an aromatic ring is 1. The van der Waals surface area contributed by atoms with Crippen LogP contribution in [0, 0.1) is 0 Å². The van der Waals surface area contributed by atoms with E-state index in [1.165, 1.54) is 0 Å². The summed E-state index contributed by atoms with van der Waals surface area (Å²) in [5.41, 5.74) is 7.78. The summed E-state index contributed by atoms with van der Waals surface area (Å²) in [6.07, 6.45) is 2.48. The summed E-state index contributed by atoms with van der Waals surface area (Å²) in [4.78, 5) is 0. The molecule has 4 heteroatoms. The van der Waals surface area contributed by atoms with E-state index in [1.807, 2.05) is 28.8 Å². The van der Waals surface area contributed by atoms with E-state index < -0.39 is 0 Å². The molecule has 0 bridgehead atoms. The lowest BCUT2D eigenvalue weighted by molar-refractivity contribution is 0.712. The van der Waals surface area contributed by atoms with Crippen LogP contribution in [0.4, 0.5) is 5.69 Å². The fraction of sp³-hybridized carbons (Fsp3) is 0.273. The molecule has 0 atom stereocenters. The molecule has 0 fully saturated rings. The van der Waals surface area contributed by atoms with Crippen molar-refractivity contribution in [1.29, 1.82) is 0 Å². The van der Waals surface area contributed by atoms with Crippen LogP contribution in [0.5, 0.6) is 0 Å². The maximum atomic E-state index is 5.87. The summed E-state index contributed by atoms with van der Waals surface area (Å²) >= 11 is 0. The van der Waals surface area contributed by atoms with Crippen molar-refractivity contribution >= 4 is 5.69 Å². The summed E-state index contributed by atoms with van der Waals surface area (Å²) < 4.78 is 2.02. The second kappa shape index (κ2) is 4.13. The van der Waals surface area contributed by atoms with Crippen LogP contribution in [0.2, 0.25) is 0 Å². The normalized spacial score (nSPS) is 10.5. The molecule has 78 valence electrons. The predicted octanol–water partition coefficient (Wildman–Crippen LogP) is 1.47. The molecule has 2 rings (SSSR count). The summed E-state index contributed by atoms with van der Waals surface area (Å²) in [6.45, 7) is 2.95. The molecule has 1 heterocycles. The Hall–Kier alpha value is -1.84. The van der Waals surface area contributed by atoms with Gasteiger partial charge in [-0.2, -0.15) is 0 Å². The third kappa shape index (κ3) is 1.98. The van der Waals surface area contributed by atoms with Gasteiger partial charge in [-0.3, -0.25) is 0 Å². The first kappa shape index (κ1) is 9.71. The minimum atomic E-state index is 0.737. The average molecular weight is 202 g/mol. The van der Waals surface area contributed by atoms with Gasteiger partial charge in [0.25, 0.3) is 0 Å². The molecule has 0 aliphatic carbocycles. The van der Waals surface area contributed by atoms with Gasteiger partial charge in [0.1, 0.15) is 12.2 Å². The van der Waals surface area contributed by atoms with Gasteiger partial charge in [0.15, 0.2) is 0 Å². The van der Waals surface area contributed by atoms with Crippen LogP contribution < -0.4 is 5.73 Å². The maximum Gasteiger partial charge on any atom is 0.137 e. The Morgan fingerprint density at radius 1 is 1.33 bits per heavy atom.